The van der Waals surface area contributed by atoms with E-state index in [9.17, 15) is 0 Å². The van der Waals surface area contributed by atoms with E-state index < -0.39 is 0 Å². The van der Waals surface area contributed by atoms with Crippen molar-refractivity contribution in [2.45, 2.75) is 44.6 Å². The maximum atomic E-state index is 3.46. The zero-order valence-corrected chi connectivity index (χ0v) is 11.7. The van der Waals surface area contributed by atoms with Crippen LogP contribution < -0.4 is 5.32 Å². The van der Waals surface area contributed by atoms with Crippen LogP contribution in [0.4, 0.5) is 0 Å². The Labute approximate surface area is 112 Å². The second-order valence-corrected chi connectivity index (χ2v) is 6.49. The molecule has 3 fully saturated rings. The monoisotopic (exact) mass is 251 g/mol. The van der Waals surface area contributed by atoms with E-state index in [-0.39, 0.29) is 0 Å². The summed E-state index contributed by atoms with van der Waals surface area (Å²) >= 11 is 0. The fraction of sp³-hybridized carbons (Fsp3) is 1.00. The number of nitrogens with one attached hydrogen (secondary N) is 1. The third kappa shape index (κ3) is 3.25. The van der Waals surface area contributed by atoms with Gasteiger partial charge in [-0.15, -0.1) is 0 Å². The molecule has 104 valence electrons. The van der Waals surface area contributed by atoms with Gasteiger partial charge in [0.1, 0.15) is 0 Å². The van der Waals surface area contributed by atoms with Crippen molar-refractivity contribution in [3.05, 3.63) is 0 Å². The Morgan fingerprint density at radius 3 is 2.44 bits per heavy atom. The third-order valence-corrected chi connectivity index (χ3v) is 5.16. The first-order chi connectivity index (χ1) is 8.92. The van der Waals surface area contributed by atoms with Crippen LogP contribution in [0.1, 0.15) is 38.5 Å². The van der Waals surface area contributed by atoms with E-state index in [4.69, 9.17) is 0 Å². The molecule has 1 N–H and O–H groups in total. The summed E-state index contributed by atoms with van der Waals surface area (Å²) in [6.45, 7) is 9.01. The zero-order valence-electron chi connectivity index (χ0n) is 11.7. The van der Waals surface area contributed by atoms with Gasteiger partial charge in [0.05, 0.1) is 0 Å². The number of likely N-dealkylation sites (tertiary alicyclic amines) is 1. The van der Waals surface area contributed by atoms with Gasteiger partial charge in [0.2, 0.25) is 0 Å². The lowest BCUT2D eigenvalue weighted by Crippen LogP contribution is -2.49. The molecule has 0 radical (unpaired) electrons. The minimum Gasteiger partial charge on any atom is -0.314 e. The quantitative estimate of drug-likeness (QED) is 0.821. The minimum atomic E-state index is 0.857. The third-order valence-electron chi connectivity index (χ3n) is 5.16. The molecule has 1 aliphatic carbocycles. The number of piperazine rings is 1. The van der Waals surface area contributed by atoms with Crippen molar-refractivity contribution in [1.29, 1.82) is 0 Å². The molecule has 0 aromatic rings. The molecule has 3 heteroatoms. The van der Waals surface area contributed by atoms with Crippen LogP contribution in [-0.2, 0) is 0 Å². The summed E-state index contributed by atoms with van der Waals surface area (Å²) in [5, 5.41) is 3.46. The molecule has 3 nitrogen and oxygen atoms in total. The molecule has 2 aliphatic heterocycles. The first-order valence-electron chi connectivity index (χ1n) is 8.09. The van der Waals surface area contributed by atoms with Crippen molar-refractivity contribution in [2.24, 2.45) is 5.92 Å². The van der Waals surface area contributed by atoms with Gasteiger partial charge in [-0.25, -0.2) is 0 Å². The highest BCUT2D eigenvalue weighted by atomic mass is 15.3. The van der Waals surface area contributed by atoms with E-state index in [0.29, 0.717) is 0 Å². The van der Waals surface area contributed by atoms with Crippen LogP contribution in [0.3, 0.4) is 0 Å². The van der Waals surface area contributed by atoms with Crippen molar-refractivity contribution in [1.82, 2.24) is 15.1 Å². The number of hydrogen-bond donors (Lipinski definition) is 1. The molecule has 2 heterocycles. The molecule has 0 amide bonds. The Kier molecular flexibility index (Phi) is 4.55. The van der Waals surface area contributed by atoms with Gasteiger partial charge >= 0.3 is 0 Å². The highest BCUT2D eigenvalue weighted by molar-refractivity contribution is 4.86. The van der Waals surface area contributed by atoms with Gasteiger partial charge in [-0.3, -0.25) is 4.90 Å². The predicted molar refractivity (Wildman–Crippen MR) is 75.9 cm³/mol. The largest absolute Gasteiger partial charge is 0.314 e. The van der Waals surface area contributed by atoms with Crippen molar-refractivity contribution in [2.75, 3.05) is 45.8 Å². The Balaban J connectivity index is 1.42. The highest BCUT2D eigenvalue weighted by Crippen LogP contribution is 2.26. The molecule has 3 rings (SSSR count). The summed E-state index contributed by atoms with van der Waals surface area (Å²) < 4.78 is 0. The van der Waals surface area contributed by atoms with Gasteiger partial charge in [0.25, 0.3) is 0 Å². The van der Waals surface area contributed by atoms with E-state index in [1.165, 1.54) is 84.3 Å². The molecule has 0 aromatic carbocycles. The van der Waals surface area contributed by atoms with Crippen LogP contribution in [0, 0.1) is 5.92 Å². The Hall–Kier alpha value is -0.120. The SMILES string of the molecule is C1CCC(CN2CC[C@@H](N3CCNCC3)C2)CC1. The summed E-state index contributed by atoms with van der Waals surface area (Å²) in [4.78, 5) is 5.47. The minimum absolute atomic E-state index is 0.857. The standard InChI is InChI=1S/C15H29N3/c1-2-4-14(5-3-1)12-17-9-6-15(13-17)18-10-7-16-8-11-18/h14-16H,1-13H2/t15-/m1/s1. The highest BCUT2D eigenvalue weighted by Gasteiger charge is 2.29. The van der Waals surface area contributed by atoms with Crippen LogP contribution in [0.25, 0.3) is 0 Å². The van der Waals surface area contributed by atoms with Crippen molar-refractivity contribution in [3.63, 3.8) is 0 Å². The maximum absolute atomic E-state index is 3.46. The Morgan fingerprint density at radius 2 is 1.67 bits per heavy atom. The molecular weight excluding hydrogens is 222 g/mol. The van der Waals surface area contributed by atoms with Crippen LogP contribution in [0.15, 0.2) is 0 Å². The first kappa shape index (κ1) is 12.9. The lowest BCUT2D eigenvalue weighted by atomic mass is 9.89. The topological polar surface area (TPSA) is 18.5 Å². The maximum Gasteiger partial charge on any atom is 0.0236 e. The number of rotatable bonds is 3. The van der Waals surface area contributed by atoms with E-state index in [2.05, 4.69) is 15.1 Å². The van der Waals surface area contributed by atoms with E-state index in [0.717, 1.165) is 12.0 Å². The normalized spacial score (nSPS) is 33.0. The van der Waals surface area contributed by atoms with E-state index >= 15 is 0 Å². The molecule has 0 unspecified atom stereocenters. The van der Waals surface area contributed by atoms with Crippen LogP contribution in [0.5, 0.6) is 0 Å². The van der Waals surface area contributed by atoms with Crippen molar-refractivity contribution < 1.29 is 0 Å². The smallest absolute Gasteiger partial charge is 0.0236 e. The summed E-state index contributed by atoms with van der Waals surface area (Å²) in [6.07, 6.45) is 8.86. The average Bonchev–Trinajstić information content (AvgIpc) is 2.89. The molecule has 18 heavy (non-hydrogen) atoms. The average molecular weight is 251 g/mol. The molecule has 0 aromatic heterocycles. The zero-order chi connectivity index (χ0) is 12.2. The predicted octanol–water partition coefficient (Wildman–Crippen LogP) is 1.55. The summed E-state index contributed by atoms with van der Waals surface area (Å²) in [7, 11) is 0. The van der Waals surface area contributed by atoms with Gasteiger partial charge in [0, 0.05) is 45.3 Å². The van der Waals surface area contributed by atoms with Crippen LogP contribution >= 0.6 is 0 Å². The lowest BCUT2D eigenvalue weighted by Gasteiger charge is -2.33. The number of hydrogen-bond acceptors (Lipinski definition) is 3. The van der Waals surface area contributed by atoms with Crippen LogP contribution in [-0.4, -0.2) is 61.7 Å². The second kappa shape index (κ2) is 6.36. The van der Waals surface area contributed by atoms with Crippen LogP contribution in [0.2, 0.25) is 0 Å². The lowest BCUT2D eigenvalue weighted by molar-refractivity contribution is 0.163. The molecular formula is C15H29N3. The van der Waals surface area contributed by atoms with Crippen molar-refractivity contribution in [3.8, 4) is 0 Å². The molecule has 0 spiro atoms. The molecule has 2 saturated heterocycles. The summed E-state index contributed by atoms with van der Waals surface area (Å²) in [6, 6.07) is 0.857. The van der Waals surface area contributed by atoms with Gasteiger partial charge in [-0.1, -0.05) is 19.3 Å². The molecule has 1 atom stereocenters. The molecule has 1 saturated carbocycles. The van der Waals surface area contributed by atoms with E-state index in [1.807, 2.05) is 0 Å². The van der Waals surface area contributed by atoms with E-state index in [1.54, 1.807) is 0 Å². The van der Waals surface area contributed by atoms with Gasteiger partial charge in [0.15, 0.2) is 0 Å². The molecule has 0 bridgehead atoms. The van der Waals surface area contributed by atoms with Gasteiger partial charge in [-0.2, -0.15) is 0 Å². The Morgan fingerprint density at radius 1 is 0.889 bits per heavy atom. The first-order valence-corrected chi connectivity index (χ1v) is 8.09. The van der Waals surface area contributed by atoms with Gasteiger partial charge in [-0.05, 0) is 31.7 Å². The van der Waals surface area contributed by atoms with Gasteiger partial charge < -0.3 is 10.2 Å². The second-order valence-electron chi connectivity index (χ2n) is 6.49. The Bertz CT molecular complexity index is 244. The fourth-order valence-corrected chi connectivity index (χ4v) is 4.06. The molecule has 3 aliphatic rings. The summed E-state index contributed by atoms with van der Waals surface area (Å²) in [5.74, 6) is 1.01. The number of nitrogens with zero attached hydrogens (tertiary/aromatic N) is 2. The summed E-state index contributed by atoms with van der Waals surface area (Å²) in [5.41, 5.74) is 0. The van der Waals surface area contributed by atoms with Crippen molar-refractivity contribution >= 4 is 0 Å². The fourth-order valence-electron chi connectivity index (χ4n) is 4.06.